The second-order valence-corrected chi connectivity index (χ2v) is 3.01. The lowest BCUT2D eigenvalue weighted by Crippen LogP contribution is -1.85. The van der Waals surface area contributed by atoms with E-state index in [-0.39, 0.29) is 6.61 Å². The summed E-state index contributed by atoms with van der Waals surface area (Å²) in [6.07, 6.45) is 2.01. The molecule has 0 heterocycles. The third-order valence-electron chi connectivity index (χ3n) is 1.84. The highest BCUT2D eigenvalue weighted by Crippen LogP contribution is 2.11. The fourth-order valence-electron chi connectivity index (χ4n) is 1.06. The fourth-order valence-corrected chi connectivity index (χ4v) is 1.06. The second-order valence-electron chi connectivity index (χ2n) is 3.01. The van der Waals surface area contributed by atoms with Crippen molar-refractivity contribution in [1.82, 2.24) is 0 Å². The Bertz CT molecular complexity index is 287. The first-order chi connectivity index (χ1) is 5.74. The predicted molar refractivity (Wildman–Crippen MR) is 51.9 cm³/mol. The summed E-state index contributed by atoms with van der Waals surface area (Å²) in [6, 6.07) is 8.13. The number of aliphatic hydroxyl groups excluding tert-OH is 1. The Labute approximate surface area is 73.4 Å². The van der Waals surface area contributed by atoms with Crippen LogP contribution in [0, 0.1) is 6.92 Å². The highest BCUT2D eigenvalue weighted by Gasteiger charge is 1.92. The average Bonchev–Trinajstić information content (AvgIpc) is 2.09. The molecule has 0 aliphatic carbocycles. The smallest absolute Gasteiger partial charge is 0.0642 e. The summed E-state index contributed by atoms with van der Waals surface area (Å²) in [5, 5.41) is 8.82. The number of hydrogen-bond donors (Lipinski definition) is 1. The minimum absolute atomic E-state index is 0.133. The molecule has 0 saturated heterocycles. The van der Waals surface area contributed by atoms with Crippen molar-refractivity contribution in [2.75, 3.05) is 6.61 Å². The van der Waals surface area contributed by atoms with Crippen molar-refractivity contribution in [1.29, 1.82) is 0 Å². The number of aryl methyl sites for hydroxylation is 1. The lowest BCUT2D eigenvalue weighted by Gasteiger charge is -2.00. The zero-order valence-corrected chi connectivity index (χ0v) is 7.54. The van der Waals surface area contributed by atoms with E-state index in [4.69, 9.17) is 5.11 Å². The van der Waals surface area contributed by atoms with Crippen LogP contribution in [0.4, 0.5) is 0 Å². The molecule has 0 unspecified atom stereocenters. The van der Waals surface area contributed by atoms with Gasteiger partial charge in [-0.2, -0.15) is 0 Å². The van der Waals surface area contributed by atoms with Gasteiger partial charge in [0.15, 0.2) is 0 Å². The first-order valence-electron chi connectivity index (χ1n) is 4.07. The Morgan fingerprint density at radius 2 is 2.08 bits per heavy atom. The molecule has 1 aromatic rings. The first kappa shape index (κ1) is 9.01. The van der Waals surface area contributed by atoms with Crippen molar-refractivity contribution in [3.05, 3.63) is 41.0 Å². The van der Waals surface area contributed by atoms with Crippen molar-refractivity contribution in [2.24, 2.45) is 0 Å². The average molecular weight is 162 g/mol. The Kier molecular flexibility index (Phi) is 3.06. The van der Waals surface area contributed by atoms with Crippen LogP contribution in [0.25, 0.3) is 6.08 Å². The summed E-state index contributed by atoms with van der Waals surface area (Å²) >= 11 is 0. The van der Waals surface area contributed by atoms with E-state index in [2.05, 4.69) is 19.1 Å². The zero-order chi connectivity index (χ0) is 8.97. The van der Waals surface area contributed by atoms with Gasteiger partial charge >= 0.3 is 0 Å². The molecule has 1 N–H and O–H groups in total. The van der Waals surface area contributed by atoms with Crippen molar-refractivity contribution < 1.29 is 5.11 Å². The summed E-state index contributed by atoms with van der Waals surface area (Å²) in [4.78, 5) is 0. The van der Waals surface area contributed by atoms with Gasteiger partial charge in [-0.15, -0.1) is 0 Å². The summed E-state index contributed by atoms with van der Waals surface area (Å²) in [7, 11) is 0. The van der Waals surface area contributed by atoms with Crippen LogP contribution in [0.1, 0.15) is 18.1 Å². The van der Waals surface area contributed by atoms with E-state index < -0.39 is 0 Å². The van der Waals surface area contributed by atoms with Gasteiger partial charge in [0.2, 0.25) is 0 Å². The highest BCUT2D eigenvalue weighted by molar-refractivity contribution is 5.55. The minimum atomic E-state index is 0.133. The van der Waals surface area contributed by atoms with E-state index in [1.165, 1.54) is 11.1 Å². The van der Waals surface area contributed by atoms with Crippen molar-refractivity contribution in [3.8, 4) is 0 Å². The van der Waals surface area contributed by atoms with Crippen LogP contribution in [0.3, 0.4) is 0 Å². The summed E-state index contributed by atoms with van der Waals surface area (Å²) in [5.41, 5.74) is 3.42. The van der Waals surface area contributed by atoms with Gasteiger partial charge in [0.05, 0.1) is 6.61 Å². The normalized spacial score (nSPS) is 11.8. The van der Waals surface area contributed by atoms with E-state index in [1.807, 2.05) is 25.1 Å². The van der Waals surface area contributed by atoms with E-state index in [9.17, 15) is 0 Å². The van der Waals surface area contributed by atoms with Gasteiger partial charge in [-0.05, 0) is 30.5 Å². The Balaban J connectivity index is 2.96. The van der Waals surface area contributed by atoms with Crippen LogP contribution in [0.5, 0.6) is 0 Å². The van der Waals surface area contributed by atoms with Gasteiger partial charge in [-0.25, -0.2) is 0 Å². The van der Waals surface area contributed by atoms with E-state index >= 15 is 0 Å². The predicted octanol–water partition coefficient (Wildman–Crippen LogP) is 2.39. The number of benzene rings is 1. The SMILES string of the molecule is C/C(=C\c1ccccc1C)CO. The molecule has 1 nitrogen and oxygen atoms in total. The maximum atomic E-state index is 8.82. The molecule has 64 valence electrons. The lowest BCUT2D eigenvalue weighted by atomic mass is 10.1. The molecule has 1 rings (SSSR count). The van der Waals surface area contributed by atoms with E-state index in [0.717, 1.165) is 5.57 Å². The minimum Gasteiger partial charge on any atom is -0.392 e. The Morgan fingerprint density at radius 3 is 2.67 bits per heavy atom. The van der Waals surface area contributed by atoms with E-state index in [0.29, 0.717) is 0 Å². The molecule has 0 aliphatic heterocycles. The topological polar surface area (TPSA) is 20.2 Å². The number of hydrogen-bond acceptors (Lipinski definition) is 1. The largest absolute Gasteiger partial charge is 0.392 e. The van der Waals surface area contributed by atoms with Gasteiger partial charge in [0.1, 0.15) is 0 Å². The molecule has 12 heavy (non-hydrogen) atoms. The third-order valence-corrected chi connectivity index (χ3v) is 1.84. The Hall–Kier alpha value is -1.08. The van der Waals surface area contributed by atoms with Gasteiger partial charge < -0.3 is 5.11 Å². The van der Waals surface area contributed by atoms with Gasteiger partial charge in [0.25, 0.3) is 0 Å². The number of rotatable bonds is 2. The Morgan fingerprint density at radius 1 is 1.42 bits per heavy atom. The summed E-state index contributed by atoms with van der Waals surface area (Å²) < 4.78 is 0. The van der Waals surface area contributed by atoms with Crippen LogP contribution in [0.2, 0.25) is 0 Å². The molecule has 1 aromatic carbocycles. The van der Waals surface area contributed by atoms with Crippen LogP contribution in [-0.2, 0) is 0 Å². The summed E-state index contributed by atoms with van der Waals surface area (Å²) in [6.45, 7) is 4.12. The van der Waals surface area contributed by atoms with E-state index in [1.54, 1.807) is 0 Å². The molecule has 0 fully saturated rings. The molecule has 0 aromatic heterocycles. The lowest BCUT2D eigenvalue weighted by molar-refractivity contribution is 0.332. The van der Waals surface area contributed by atoms with Crippen molar-refractivity contribution >= 4 is 6.08 Å². The molecule has 0 spiro atoms. The van der Waals surface area contributed by atoms with Gasteiger partial charge in [0, 0.05) is 0 Å². The van der Waals surface area contributed by atoms with Gasteiger partial charge in [-0.1, -0.05) is 30.3 Å². The number of aliphatic hydroxyl groups is 1. The molecule has 0 atom stereocenters. The van der Waals surface area contributed by atoms with Crippen LogP contribution < -0.4 is 0 Å². The summed E-state index contributed by atoms with van der Waals surface area (Å²) in [5.74, 6) is 0. The molecule has 0 saturated carbocycles. The zero-order valence-electron chi connectivity index (χ0n) is 7.54. The molecular weight excluding hydrogens is 148 g/mol. The molecular formula is C11H14O. The molecule has 1 heteroatoms. The quantitative estimate of drug-likeness (QED) is 0.708. The maximum absolute atomic E-state index is 8.82. The molecule has 0 aliphatic rings. The standard InChI is InChI=1S/C11H14O/c1-9(8-12)7-11-6-4-3-5-10(11)2/h3-7,12H,8H2,1-2H3/b9-7+. The van der Waals surface area contributed by atoms with Crippen molar-refractivity contribution in [2.45, 2.75) is 13.8 Å². The maximum Gasteiger partial charge on any atom is 0.0642 e. The first-order valence-corrected chi connectivity index (χ1v) is 4.07. The van der Waals surface area contributed by atoms with Crippen molar-refractivity contribution in [3.63, 3.8) is 0 Å². The molecule has 0 radical (unpaired) electrons. The molecule has 0 amide bonds. The second kappa shape index (κ2) is 4.07. The monoisotopic (exact) mass is 162 g/mol. The van der Waals surface area contributed by atoms with Crippen LogP contribution in [0.15, 0.2) is 29.8 Å². The van der Waals surface area contributed by atoms with Crippen LogP contribution in [-0.4, -0.2) is 11.7 Å². The van der Waals surface area contributed by atoms with Crippen LogP contribution >= 0.6 is 0 Å². The molecule has 0 bridgehead atoms. The third kappa shape index (κ3) is 2.21. The fraction of sp³-hybridized carbons (Fsp3) is 0.273. The highest BCUT2D eigenvalue weighted by atomic mass is 16.3. The van der Waals surface area contributed by atoms with Gasteiger partial charge in [-0.3, -0.25) is 0 Å².